The van der Waals surface area contributed by atoms with Crippen molar-refractivity contribution >= 4 is 11.3 Å². The van der Waals surface area contributed by atoms with Gasteiger partial charge in [0.05, 0.1) is 13.2 Å². The van der Waals surface area contributed by atoms with Gasteiger partial charge in [0.1, 0.15) is 0 Å². The summed E-state index contributed by atoms with van der Waals surface area (Å²) in [5, 5.41) is 2.14. The van der Waals surface area contributed by atoms with Gasteiger partial charge in [-0.3, -0.25) is 0 Å². The highest BCUT2D eigenvalue weighted by atomic mass is 32.1. The zero-order chi connectivity index (χ0) is 13.8. The van der Waals surface area contributed by atoms with Crippen molar-refractivity contribution in [3.8, 4) is 0 Å². The number of rotatable bonds is 6. The van der Waals surface area contributed by atoms with Crippen molar-refractivity contribution in [1.29, 1.82) is 0 Å². The Hall–Kier alpha value is -1.10. The Bertz CT molecular complexity index is 514. The third-order valence-corrected chi connectivity index (χ3v) is 4.72. The molecule has 2 aromatic rings. The van der Waals surface area contributed by atoms with E-state index < -0.39 is 0 Å². The molecule has 4 heteroatoms. The summed E-state index contributed by atoms with van der Waals surface area (Å²) in [6, 6.07) is 8.70. The van der Waals surface area contributed by atoms with Crippen LogP contribution < -0.4 is 0 Å². The monoisotopic (exact) mass is 290 g/mol. The van der Waals surface area contributed by atoms with Crippen LogP contribution in [0, 0.1) is 5.92 Å². The van der Waals surface area contributed by atoms with E-state index in [9.17, 15) is 0 Å². The van der Waals surface area contributed by atoms with E-state index in [1.54, 1.807) is 0 Å². The molecule has 20 heavy (non-hydrogen) atoms. The third kappa shape index (κ3) is 3.51. The van der Waals surface area contributed by atoms with Crippen molar-refractivity contribution in [2.24, 2.45) is 5.92 Å². The Morgan fingerprint density at radius 3 is 3.10 bits per heavy atom. The number of hydrogen-bond donors (Lipinski definition) is 0. The number of ether oxygens (including phenoxy) is 1. The first kappa shape index (κ1) is 13.9. The largest absolute Gasteiger partial charge is 0.381 e. The highest BCUT2D eigenvalue weighted by Gasteiger charge is 2.18. The molecule has 1 aliphatic heterocycles. The van der Waals surface area contributed by atoms with E-state index in [2.05, 4.69) is 52.4 Å². The van der Waals surface area contributed by atoms with Crippen LogP contribution in [0.2, 0.25) is 0 Å². The van der Waals surface area contributed by atoms with Crippen LogP contribution in [0.1, 0.15) is 17.0 Å². The Morgan fingerprint density at radius 2 is 2.35 bits per heavy atom. The van der Waals surface area contributed by atoms with Crippen molar-refractivity contribution in [1.82, 2.24) is 9.47 Å². The predicted molar refractivity (Wildman–Crippen MR) is 83.1 cm³/mol. The van der Waals surface area contributed by atoms with Crippen LogP contribution in [-0.2, 0) is 17.8 Å². The van der Waals surface area contributed by atoms with Crippen LogP contribution in [0.5, 0.6) is 0 Å². The molecule has 0 saturated carbocycles. The van der Waals surface area contributed by atoms with E-state index >= 15 is 0 Å². The van der Waals surface area contributed by atoms with Crippen LogP contribution in [0.25, 0.3) is 0 Å². The second-order valence-corrected chi connectivity index (χ2v) is 6.67. The summed E-state index contributed by atoms with van der Waals surface area (Å²) in [5.41, 5.74) is 1.39. The van der Waals surface area contributed by atoms with E-state index in [-0.39, 0.29) is 0 Å². The topological polar surface area (TPSA) is 17.4 Å². The quantitative estimate of drug-likeness (QED) is 0.813. The van der Waals surface area contributed by atoms with Crippen LogP contribution >= 0.6 is 11.3 Å². The maximum atomic E-state index is 5.46. The van der Waals surface area contributed by atoms with Crippen LogP contribution in [-0.4, -0.2) is 36.3 Å². The number of nitrogens with zero attached hydrogens (tertiary/aromatic N) is 2. The van der Waals surface area contributed by atoms with Gasteiger partial charge in [-0.05, 0) is 43.0 Å². The molecule has 0 aromatic carbocycles. The van der Waals surface area contributed by atoms with Gasteiger partial charge in [-0.1, -0.05) is 6.07 Å². The summed E-state index contributed by atoms with van der Waals surface area (Å²) in [4.78, 5) is 3.83. The van der Waals surface area contributed by atoms with Gasteiger partial charge in [-0.25, -0.2) is 0 Å². The van der Waals surface area contributed by atoms with Gasteiger partial charge >= 0.3 is 0 Å². The molecule has 1 fully saturated rings. The summed E-state index contributed by atoms with van der Waals surface area (Å²) >= 11 is 1.82. The minimum Gasteiger partial charge on any atom is -0.381 e. The fourth-order valence-corrected chi connectivity index (χ4v) is 3.53. The SMILES string of the molecule is CN(Cc1cccn1Cc1cccs1)C[C@H]1CCOC1. The number of thiophene rings is 1. The summed E-state index contributed by atoms with van der Waals surface area (Å²) in [6.45, 7) is 4.99. The molecule has 0 N–H and O–H groups in total. The molecular formula is C16H22N2OS. The van der Waals surface area contributed by atoms with Crippen LogP contribution in [0.15, 0.2) is 35.8 Å². The molecule has 1 aliphatic rings. The zero-order valence-electron chi connectivity index (χ0n) is 12.0. The highest BCUT2D eigenvalue weighted by Crippen LogP contribution is 2.16. The van der Waals surface area contributed by atoms with Gasteiger partial charge in [0.2, 0.25) is 0 Å². The Kier molecular flexibility index (Phi) is 4.55. The molecule has 0 spiro atoms. The van der Waals surface area contributed by atoms with Crippen LogP contribution in [0.3, 0.4) is 0 Å². The molecule has 1 saturated heterocycles. The summed E-state index contributed by atoms with van der Waals surface area (Å²) in [5.74, 6) is 0.709. The fourth-order valence-electron chi connectivity index (χ4n) is 2.83. The second kappa shape index (κ2) is 6.57. The lowest BCUT2D eigenvalue weighted by molar-refractivity contribution is 0.172. The molecule has 3 rings (SSSR count). The maximum absolute atomic E-state index is 5.46. The van der Waals surface area contributed by atoms with E-state index in [4.69, 9.17) is 4.74 Å². The lowest BCUT2D eigenvalue weighted by Gasteiger charge is -2.21. The van der Waals surface area contributed by atoms with Gasteiger partial charge in [-0.2, -0.15) is 0 Å². The molecule has 0 unspecified atom stereocenters. The van der Waals surface area contributed by atoms with E-state index in [0.717, 1.165) is 32.8 Å². The van der Waals surface area contributed by atoms with Gasteiger partial charge in [0, 0.05) is 36.5 Å². The molecule has 0 bridgehead atoms. The van der Waals surface area contributed by atoms with Crippen molar-refractivity contribution in [3.63, 3.8) is 0 Å². The Labute approximate surface area is 124 Å². The second-order valence-electron chi connectivity index (χ2n) is 5.63. The molecule has 0 amide bonds. The van der Waals surface area contributed by atoms with Gasteiger partial charge < -0.3 is 14.2 Å². The predicted octanol–water partition coefficient (Wildman–Crippen LogP) is 3.07. The zero-order valence-corrected chi connectivity index (χ0v) is 12.8. The first-order valence-electron chi connectivity index (χ1n) is 7.24. The summed E-state index contributed by atoms with van der Waals surface area (Å²) in [7, 11) is 2.21. The molecule has 0 radical (unpaired) electrons. The minimum absolute atomic E-state index is 0.709. The molecule has 108 valence electrons. The van der Waals surface area contributed by atoms with Crippen molar-refractivity contribution < 1.29 is 4.74 Å². The normalized spacial score (nSPS) is 19.0. The Balaban J connectivity index is 1.58. The lowest BCUT2D eigenvalue weighted by atomic mass is 10.1. The van der Waals surface area contributed by atoms with E-state index in [0.29, 0.717) is 5.92 Å². The first-order chi connectivity index (χ1) is 9.81. The van der Waals surface area contributed by atoms with Crippen molar-refractivity contribution in [2.45, 2.75) is 19.5 Å². The minimum atomic E-state index is 0.709. The van der Waals surface area contributed by atoms with Gasteiger partial charge in [0.15, 0.2) is 0 Å². The van der Waals surface area contributed by atoms with E-state index in [1.807, 2.05) is 11.3 Å². The average Bonchev–Trinajstić information content (AvgIpc) is 3.14. The number of aromatic nitrogens is 1. The highest BCUT2D eigenvalue weighted by molar-refractivity contribution is 7.09. The number of hydrogen-bond acceptors (Lipinski definition) is 3. The fraction of sp³-hybridized carbons (Fsp3) is 0.500. The summed E-state index contributed by atoms with van der Waals surface area (Å²) < 4.78 is 7.81. The summed E-state index contributed by atoms with van der Waals surface area (Å²) in [6.07, 6.45) is 3.39. The van der Waals surface area contributed by atoms with Crippen LogP contribution in [0.4, 0.5) is 0 Å². The maximum Gasteiger partial charge on any atom is 0.0566 e. The van der Waals surface area contributed by atoms with E-state index in [1.165, 1.54) is 17.0 Å². The third-order valence-electron chi connectivity index (χ3n) is 3.86. The van der Waals surface area contributed by atoms with Crippen molar-refractivity contribution in [2.75, 3.05) is 26.8 Å². The van der Waals surface area contributed by atoms with Gasteiger partial charge in [0.25, 0.3) is 0 Å². The lowest BCUT2D eigenvalue weighted by Crippen LogP contribution is -2.26. The van der Waals surface area contributed by atoms with Gasteiger partial charge in [-0.15, -0.1) is 11.3 Å². The Morgan fingerprint density at radius 1 is 1.40 bits per heavy atom. The van der Waals surface area contributed by atoms with Crippen molar-refractivity contribution in [3.05, 3.63) is 46.4 Å². The molecular weight excluding hydrogens is 268 g/mol. The standard InChI is InChI=1S/C16H22N2OS/c1-17(10-14-6-8-19-13-14)11-15-4-2-7-18(15)12-16-5-3-9-20-16/h2-5,7,9,14H,6,8,10-13H2,1H3/t14-/m1/s1. The first-order valence-corrected chi connectivity index (χ1v) is 8.12. The molecule has 3 heterocycles. The molecule has 3 nitrogen and oxygen atoms in total. The molecule has 2 aromatic heterocycles. The molecule has 0 aliphatic carbocycles. The molecule has 1 atom stereocenters. The average molecular weight is 290 g/mol. The smallest absolute Gasteiger partial charge is 0.0566 e.